The first-order valence-corrected chi connectivity index (χ1v) is 36.8. The molecule has 0 aromatic heterocycles. The topological polar surface area (TPSA) is 427 Å². The van der Waals surface area contributed by atoms with Gasteiger partial charge in [-0.1, -0.05) is 47.5 Å². The lowest BCUT2D eigenvalue weighted by atomic mass is 9.53. The van der Waals surface area contributed by atoms with Gasteiger partial charge in [0.25, 0.3) is 0 Å². The number of amides is 8. The molecular formula is C79H82Cl2N10O19. The Morgan fingerprint density at radius 2 is 1.17 bits per heavy atom. The number of alkyl carbamates (subject to hydrolysis) is 1. The van der Waals surface area contributed by atoms with E-state index in [1.165, 1.54) is 72.8 Å². The summed E-state index contributed by atoms with van der Waals surface area (Å²) in [6, 6.07) is 8.06. The van der Waals surface area contributed by atoms with Gasteiger partial charge in [0.15, 0.2) is 23.0 Å². The molecule has 0 radical (unpaired) electrons. The summed E-state index contributed by atoms with van der Waals surface area (Å²) in [7, 11) is 3.67. The van der Waals surface area contributed by atoms with Crippen LogP contribution in [0.2, 0.25) is 10.0 Å². The molecule has 7 aromatic carbocycles. The fourth-order valence-corrected chi connectivity index (χ4v) is 16.8. The summed E-state index contributed by atoms with van der Waals surface area (Å²) in [5, 5.41) is 110. The number of halogens is 2. The van der Waals surface area contributed by atoms with Crippen molar-refractivity contribution in [1.82, 2.24) is 52.8 Å². The molecule has 16 N–H and O–H groups in total. The lowest BCUT2D eigenvalue weighted by Crippen LogP contribution is -2.58. The largest absolute Gasteiger partial charge is 0.508 e. The Morgan fingerprint density at radius 3 is 1.82 bits per heavy atom. The monoisotopic (exact) mass is 1540 g/mol. The Bertz CT molecular complexity index is 4900. The lowest BCUT2D eigenvalue weighted by Gasteiger charge is -2.57. The van der Waals surface area contributed by atoms with Crippen molar-refractivity contribution in [2.24, 2.45) is 17.8 Å². The van der Waals surface area contributed by atoms with Crippen molar-refractivity contribution in [3.05, 3.63) is 164 Å². The summed E-state index contributed by atoms with van der Waals surface area (Å²) < 4.78 is 24.4. The van der Waals surface area contributed by atoms with Gasteiger partial charge in [0.1, 0.15) is 94.2 Å². The summed E-state index contributed by atoms with van der Waals surface area (Å²) in [6.45, 7) is 5.21. The highest BCUT2D eigenvalue weighted by Crippen LogP contribution is 2.57. The van der Waals surface area contributed by atoms with Crippen LogP contribution in [-0.2, 0) is 51.3 Å². The van der Waals surface area contributed by atoms with Crippen molar-refractivity contribution in [3.63, 3.8) is 0 Å². The van der Waals surface area contributed by atoms with Crippen LogP contribution in [0.3, 0.4) is 0 Å². The second-order valence-corrected chi connectivity index (χ2v) is 31.4. The average molecular weight is 1550 g/mol. The number of benzene rings is 7. The van der Waals surface area contributed by atoms with Crippen molar-refractivity contribution in [3.8, 4) is 80.1 Å². The van der Waals surface area contributed by atoms with Crippen molar-refractivity contribution >= 4 is 70.6 Å². The number of hydrogen-bond donors (Lipinski definition) is 16. The van der Waals surface area contributed by atoms with E-state index < -0.39 is 154 Å². The van der Waals surface area contributed by atoms with Crippen molar-refractivity contribution in [1.29, 1.82) is 0 Å². The van der Waals surface area contributed by atoms with E-state index in [4.69, 9.17) is 42.1 Å². The van der Waals surface area contributed by atoms with Gasteiger partial charge in [-0.15, -0.1) is 0 Å². The lowest BCUT2D eigenvalue weighted by molar-refractivity contribution is -0.137. The highest BCUT2D eigenvalue weighted by atomic mass is 35.5. The molecule has 576 valence electrons. The number of carbonyl (C=O) groups excluding carboxylic acids is 8. The first kappa shape index (κ1) is 75.6. The highest BCUT2D eigenvalue weighted by Gasteiger charge is 2.51. The molecular weight excluding hydrogens is 1460 g/mol. The minimum Gasteiger partial charge on any atom is -0.508 e. The van der Waals surface area contributed by atoms with Gasteiger partial charge in [0.2, 0.25) is 47.1 Å². The zero-order chi connectivity index (χ0) is 78.1. The van der Waals surface area contributed by atoms with Gasteiger partial charge in [0, 0.05) is 42.2 Å². The standard InChI is InChI=1S/C79H82Cl2N10O19/c1-78(2,3)110-77(106)90-62-40-9-12-53(94)57(26-40)107-45-23-42(22-44(92)29-45)63-74(103)87-64-43-27-58(108-55-13-7-35(20-49(55)80)21-51(70(99)85-63)84-72(62)101)69(98)59(28-43)109-56-14-10-41(25-50(56)81)67(96)66-76(105)88-65(71(100)82-15-6-16-91(4)5)47-30-54(95)48(34-83-79-31-36-17-37(32-79)19-38(18-36)33-79)68(97)60(47)46-24-39(8-11-52(46)93)61(73(102)89-66)86-75(64)104/h7-14,20,22-30,36-38,51,61-67,83,92-98H,6,15-19,21,31-34H2,1-5H3,(H,82,100)(H,84,101)(H,85,99)(H,86,104)(H,87,103)(H,88,105)(H,89,102)(H,90,106)/t36?,37?,38?,51-,61-,62-,63-,64-,65-,66-,67?,79?/m0/s1. The van der Waals surface area contributed by atoms with Crippen LogP contribution >= 0.6 is 23.2 Å². The number of nitrogens with one attached hydrogen (secondary N) is 9. The fraction of sp³-hybridized carbons (Fsp3) is 0.367. The molecule has 6 heterocycles. The van der Waals surface area contributed by atoms with Crippen molar-refractivity contribution in [2.75, 3.05) is 27.2 Å². The van der Waals surface area contributed by atoms with E-state index in [0.717, 1.165) is 74.9 Å². The number of carbonyl (C=O) groups is 8. The van der Waals surface area contributed by atoms with E-state index in [1.807, 2.05) is 19.0 Å². The Balaban J connectivity index is 0.940. The number of ether oxygens (including phenoxy) is 4. The quantitative estimate of drug-likeness (QED) is 0.0601. The molecule has 8 amide bonds. The molecule has 0 saturated heterocycles. The van der Waals surface area contributed by atoms with Gasteiger partial charge >= 0.3 is 6.09 Å². The molecule has 6 aliphatic heterocycles. The van der Waals surface area contributed by atoms with Crippen LogP contribution in [0, 0.1) is 17.8 Å². The van der Waals surface area contributed by atoms with Crippen LogP contribution in [0.5, 0.6) is 69.0 Å². The van der Waals surface area contributed by atoms with Gasteiger partial charge < -0.3 is 107 Å². The molecule has 4 saturated carbocycles. The number of fused-ring (bicyclic) bond motifs is 14. The van der Waals surface area contributed by atoms with Gasteiger partial charge in [-0.3, -0.25) is 33.6 Å². The molecule has 31 heteroatoms. The smallest absolute Gasteiger partial charge is 0.408 e. The summed E-state index contributed by atoms with van der Waals surface area (Å²) in [6.07, 6.45) is 2.75. The van der Waals surface area contributed by atoms with Gasteiger partial charge in [-0.05, 0) is 222 Å². The van der Waals surface area contributed by atoms with E-state index in [9.17, 15) is 45.3 Å². The molecule has 1 unspecified atom stereocenters. The maximum absolute atomic E-state index is 16.3. The zero-order valence-electron chi connectivity index (χ0n) is 60.3. The molecule has 21 bridgehead atoms. The second-order valence-electron chi connectivity index (χ2n) is 30.6. The first-order valence-electron chi connectivity index (χ1n) is 36.0. The zero-order valence-corrected chi connectivity index (χ0v) is 61.8. The van der Waals surface area contributed by atoms with Crippen LogP contribution < -0.4 is 62.1 Å². The Morgan fingerprint density at radius 1 is 0.582 bits per heavy atom. The molecule has 110 heavy (non-hydrogen) atoms. The maximum Gasteiger partial charge on any atom is 0.408 e. The third-order valence-electron chi connectivity index (χ3n) is 21.1. The number of rotatable bonds is 9. The maximum atomic E-state index is 16.3. The first-order chi connectivity index (χ1) is 52.3. The van der Waals surface area contributed by atoms with Crippen LogP contribution in [0.4, 0.5) is 4.79 Å². The fourth-order valence-electron chi connectivity index (χ4n) is 16.3. The van der Waals surface area contributed by atoms with E-state index in [0.29, 0.717) is 30.7 Å². The SMILES string of the molecule is CN(C)CCCNC(=O)[C@H]1NC(=O)[C@H]2NC(=O)[C@@H](NC(=O)[C@H]3NC(=O)[C@H]4NC(=O)[C@H](Cc5ccc(c(Cl)c5)Oc5cc3cc(c5O)Oc3ccc(cc3Cl)C2O)NC(=O)[C@@H](NC(=O)OC(C)(C)C)c2ccc(O)c(c2)Oc2cc(O)cc4c2)c2ccc(O)c(c2)-c2c1cc(O)c(CNC13CC4CC(CC(C4)C1)C3)c2O. The highest BCUT2D eigenvalue weighted by molar-refractivity contribution is 6.32. The Kier molecular flexibility index (Phi) is 20.6. The van der Waals surface area contributed by atoms with E-state index in [1.54, 1.807) is 20.8 Å². The number of aromatic hydroxyl groups is 6. The van der Waals surface area contributed by atoms with E-state index in [-0.39, 0.29) is 107 Å². The predicted molar refractivity (Wildman–Crippen MR) is 396 cm³/mol. The van der Waals surface area contributed by atoms with Crippen molar-refractivity contribution < 1.29 is 93.0 Å². The number of aliphatic hydroxyl groups excluding tert-OH is 1. The van der Waals surface area contributed by atoms with Crippen LogP contribution in [0.15, 0.2) is 109 Å². The molecule has 0 spiro atoms. The van der Waals surface area contributed by atoms with Gasteiger partial charge in [-0.25, -0.2) is 4.79 Å². The minimum absolute atomic E-state index is 0.000804. The van der Waals surface area contributed by atoms with E-state index in [2.05, 4.69) is 47.9 Å². The molecule has 7 aromatic rings. The molecule has 8 atom stereocenters. The molecule has 4 fully saturated rings. The molecule has 17 rings (SSSR count). The van der Waals surface area contributed by atoms with Crippen LogP contribution in [0.1, 0.15) is 147 Å². The van der Waals surface area contributed by atoms with E-state index >= 15 is 28.8 Å². The molecule has 10 aliphatic rings. The van der Waals surface area contributed by atoms with Crippen molar-refractivity contribution in [2.45, 2.75) is 138 Å². The summed E-state index contributed by atoms with van der Waals surface area (Å²) >= 11 is 14.1. The number of nitrogens with zero attached hydrogens (tertiary/aromatic N) is 1. The third-order valence-corrected chi connectivity index (χ3v) is 21.7. The summed E-state index contributed by atoms with van der Waals surface area (Å²) in [5.74, 6) is -12.3. The number of phenols is 6. The minimum atomic E-state index is -2.21. The number of phenolic OH excluding ortho intramolecular Hbond substituents is 6. The summed E-state index contributed by atoms with van der Waals surface area (Å²) in [5.41, 5.74) is -3.02. The normalized spacial score (nSPS) is 24.8. The Labute approximate surface area is 640 Å². The number of aliphatic hydroxyl groups is 1. The number of hydrogen-bond acceptors (Lipinski definition) is 21. The van der Waals surface area contributed by atoms with Gasteiger partial charge in [0.05, 0.1) is 15.6 Å². The summed E-state index contributed by atoms with van der Waals surface area (Å²) in [4.78, 5) is 125. The van der Waals surface area contributed by atoms with Crippen LogP contribution in [-0.4, -0.2) is 138 Å². The molecule has 4 aliphatic carbocycles. The van der Waals surface area contributed by atoms with Crippen LogP contribution in [0.25, 0.3) is 11.1 Å². The average Bonchev–Trinajstić information content (AvgIpc) is 0.749. The Hall–Kier alpha value is -11.2. The molecule has 29 nitrogen and oxygen atoms in total. The predicted octanol–water partition coefficient (Wildman–Crippen LogP) is 8.59. The third kappa shape index (κ3) is 15.7. The second kappa shape index (κ2) is 30.0. The van der Waals surface area contributed by atoms with Gasteiger partial charge in [-0.2, -0.15) is 0 Å².